The summed E-state index contributed by atoms with van der Waals surface area (Å²) in [5.41, 5.74) is 0.672. The van der Waals surface area contributed by atoms with Crippen LogP contribution in [0, 0.1) is 11.3 Å². The molecule has 1 aromatic heterocycles. The number of nitrogens with one attached hydrogen (secondary N) is 1. The van der Waals surface area contributed by atoms with Crippen LogP contribution in [-0.2, 0) is 0 Å². The van der Waals surface area contributed by atoms with Crippen LogP contribution in [0.4, 0.5) is 5.82 Å². The minimum absolute atomic E-state index is 0.478. The summed E-state index contributed by atoms with van der Waals surface area (Å²) in [5, 5.41) is 12.2. The minimum Gasteiger partial charge on any atom is -0.354 e. The van der Waals surface area contributed by atoms with Gasteiger partial charge in [-0.05, 0) is 19.1 Å². The Hall–Kier alpha value is -1.60. The lowest BCUT2D eigenvalue weighted by molar-refractivity contribution is 0.482. The van der Waals surface area contributed by atoms with Gasteiger partial charge in [0.15, 0.2) is 0 Å². The Bertz CT molecular complexity index is 382. The van der Waals surface area contributed by atoms with Crippen LogP contribution < -0.4 is 10.2 Å². The lowest BCUT2D eigenvalue weighted by Gasteiger charge is -2.32. The summed E-state index contributed by atoms with van der Waals surface area (Å²) in [6.07, 6.45) is 1.70. The molecule has 0 aromatic carbocycles. The molecule has 0 unspecified atom stereocenters. The van der Waals surface area contributed by atoms with Crippen molar-refractivity contribution < 1.29 is 0 Å². The van der Waals surface area contributed by atoms with Gasteiger partial charge in [-0.1, -0.05) is 0 Å². The molecule has 2 heterocycles. The highest BCUT2D eigenvalue weighted by Crippen LogP contribution is 2.13. The lowest BCUT2D eigenvalue weighted by atomic mass is 10.2. The molecule has 1 atom stereocenters. The predicted octanol–water partition coefficient (Wildman–Crippen LogP) is 0.751. The van der Waals surface area contributed by atoms with Crippen LogP contribution in [0.15, 0.2) is 18.3 Å². The number of rotatable bonds is 1. The Morgan fingerprint density at radius 1 is 1.67 bits per heavy atom. The fourth-order valence-electron chi connectivity index (χ4n) is 1.80. The number of piperazine rings is 1. The summed E-state index contributed by atoms with van der Waals surface area (Å²) in [6, 6.07) is 6.19. The van der Waals surface area contributed by atoms with E-state index in [1.165, 1.54) is 0 Å². The highest BCUT2D eigenvalue weighted by molar-refractivity contribution is 5.45. The van der Waals surface area contributed by atoms with E-state index in [1.54, 1.807) is 12.3 Å². The van der Waals surface area contributed by atoms with Crippen molar-refractivity contribution in [3.05, 3.63) is 23.9 Å². The SMILES string of the molecule is C[C@@H]1CN(c2cc(C#N)ccn2)CCN1. The fraction of sp³-hybridized carbons (Fsp3) is 0.455. The number of pyridine rings is 1. The molecular weight excluding hydrogens is 188 g/mol. The van der Waals surface area contributed by atoms with Gasteiger partial charge in [-0.2, -0.15) is 5.26 Å². The third-order valence-corrected chi connectivity index (χ3v) is 2.57. The zero-order valence-electron chi connectivity index (χ0n) is 8.77. The first kappa shape index (κ1) is 9.94. The third kappa shape index (κ3) is 2.25. The number of anilines is 1. The van der Waals surface area contributed by atoms with E-state index in [0.29, 0.717) is 11.6 Å². The minimum atomic E-state index is 0.478. The molecule has 0 amide bonds. The molecule has 0 radical (unpaired) electrons. The van der Waals surface area contributed by atoms with Gasteiger partial charge >= 0.3 is 0 Å². The van der Waals surface area contributed by atoms with Crippen LogP contribution in [0.2, 0.25) is 0 Å². The molecule has 1 fully saturated rings. The zero-order chi connectivity index (χ0) is 10.7. The molecule has 0 saturated carbocycles. The molecule has 1 aromatic rings. The molecule has 1 saturated heterocycles. The van der Waals surface area contributed by atoms with Gasteiger partial charge in [0.1, 0.15) is 5.82 Å². The summed E-state index contributed by atoms with van der Waals surface area (Å²) in [4.78, 5) is 6.50. The van der Waals surface area contributed by atoms with Gasteiger partial charge in [0.05, 0.1) is 11.6 Å². The Balaban J connectivity index is 2.18. The van der Waals surface area contributed by atoms with Crippen LogP contribution in [0.5, 0.6) is 0 Å². The number of aromatic nitrogens is 1. The summed E-state index contributed by atoms with van der Waals surface area (Å²) in [7, 11) is 0. The average Bonchev–Trinajstić information content (AvgIpc) is 2.29. The van der Waals surface area contributed by atoms with Crippen LogP contribution in [0.25, 0.3) is 0 Å². The molecule has 0 bridgehead atoms. The fourth-order valence-corrected chi connectivity index (χ4v) is 1.80. The van der Waals surface area contributed by atoms with Crippen molar-refractivity contribution in [2.45, 2.75) is 13.0 Å². The smallest absolute Gasteiger partial charge is 0.129 e. The Morgan fingerprint density at radius 2 is 2.53 bits per heavy atom. The summed E-state index contributed by atoms with van der Waals surface area (Å²) in [6.45, 7) is 5.02. The molecule has 1 aliphatic heterocycles. The first-order valence-corrected chi connectivity index (χ1v) is 5.14. The van der Waals surface area contributed by atoms with Crippen LogP contribution in [0.3, 0.4) is 0 Å². The van der Waals surface area contributed by atoms with E-state index >= 15 is 0 Å². The van der Waals surface area contributed by atoms with Crippen molar-refractivity contribution in [1.82, 2.24) is 10.3 Å². The Labute approximate surface area is 89.5 Å². The number of nitrogens with zero attached hydrogens (tertiary/aromatic N) is 3. The second-order valence-electron chi connectivity index (χ2n) is 3.82. The van der Waals surface area contributed by atoms with Crippen molar-refractivity contribution in [3.8, 4) is 6.07 Å². The molecule has 4 heteroatoms. The van der Waals surface area contributed by atoms with Crippen LogP contribution >= 0.6 is 0 Å². The first-order chi connectivity index (χ1) is 7.29. The molecule has 0 aliphatic carbocycles. The van der Waals surface area contributed by atoms with E-state index in [4.69, 9.17) is 5.26 Å². The van der Waals surface area contributed by atoms with E-state index in [-0.39, 0.29) is 0 Å². The second-order valence-corrected chi connectivity index (χ2v) is 3.82. The molecule has 15 heavy (non-hydrogen) atoms. The van der Waals surface area contributed by atoms with Crippen molar-refractivity contribution in [2.75, 3.05) is 24.5 Å². The number of nitriles is 1. The molecular formula is C11H14N4. The maximum atomic E-state index is 8.80. The topological polar surface area (TPSA) is 52.0 Å². The van der Waals surface area contributed by atoms with Crippen molar-refractivity contribution >= 4 is 5.82 Å². The summed E-state index contributed by atoms with van der Waals surface area (Å²) >= 11 is 0. The van der Waals surface area contributed by atoms with E-state index < -0.39 is 0 Å². The van der Waals surface area contributed by atoms with E-state index in [1.807, 2.05) is 6.07 Å². The Morgan fingerprint density at radius 3 is 3.27 bits per heavy atom. The summed E-state index contributed by atoms with van der Waals surface area (Å²) in [5.74, 6) is 0.905. The van der Waals surface area contributed by atoms with Crippen LogP contribution in [-0.4, -0.2) is 30.7 Å². The van der Waals surface area contributed by atoms with Gasteiger partial charge in [-0.15, -0.1) is 0 Å². The quantitative estimate of drug-likeness (QED) is 0.730. The molecule has 78 valence electrons. The summed E-state index contributed by atoms with van der Waals surface area (Å²) < 4.78 is 0. The van der Waals surface area contributed by atoms with E-state index in [9.17, 15) is 0 Å². The third-order valence-electron chi connectivity index (χ3n) is 2.57. The van der Waals surface area contributed by atoms with Crippen molar-refractivity contribution in [1.29, 1.82) is 5.26 Å². The van der Waals surface area contributed by atoms with Gasteiger partial charge in [-0.3, -0.25) is 0 Å². The van der Waals surface area contributed by atoms with Gasteiger partial charge < -0.3 is 10.2 Å². The van der Waals surface area contributed by atoms with Crippen molar-refractivity contribution in [3.63, 3.8) is 0 Å². The van der Waals surface area contributed by atoms with Gasteiger partial charge in [0.25, 0.3) is 0 Å². The van der Waals surface area contributed by atoms with Gasteiger partial charge in [0, 0.05) is 31.9 Å². The number of hydrogen-bond donors (Lipinski definition) is 1. The lowest BCUT2D eigenvalue weighted by Crippen LogP contribution is -2.49. The highest BCUT2D eigenvalue weighted by atomic mass is 15.2. The number of hydrogen-bond acceptors (Lipinski definition) is 4. The van der Waals surface area contributed by atoms with Crippen molar-refractivity contribution in [2.24, 2.45) is 0 Å². The highest BCUT2D eigenvalue weighted by Gasteiger charge is 2.16. The normalized spacial score (nSPS) is 21.1. The van der Waals surface area contributed by atoms with E-state index in [0.717, 1.165) is 25.5 Å². The molecule has 4 nitrogen and oxygen atoms in total. The molecule has 1 N–H and O–H groups in total. The maximum Gasteiger partial charge on any atom is 0.129 e. The molecule has 2 rings (SSSR count). The van der Waals surface area contributed by atoms with Crippen LogP contribution in [0.1, 0.15) is 12.5 Å². The van der Waals surface area contributed by atoms with Gasteiger partial charge in [-0.25, -0.2) is 4.98 Å². The standard InChI is InChI=1S/C11H14N4/c1-9-8-15(5-4-13-9)11-6-10(7-12)2-3-14-11/h2-3,6,9,13H,4-5,8H2,1H3/t9-/m1/s1. The molecule has 1 aliphatic rings. The largest absolute Gasteiger partial charge is 0.354 e. The average molecular weight is 202 g/mol. The second kappa shape index (κ2) is 4.28. The van der Waals surface area contributed by atoms with E-state index in [2.05, 4.69) is 28.2 Å². The first-order valence-electron chi connectivity index (χ1n) is 5.14. The monoisotopic (exact) mass is 202 g/mol. The molecule has 0 spiro atoms. The predicted molar refractivity (Wildman–Crippen MR) is 58.6 cm³/mol. The maximum absolute atomic E-state index is 8.80. The van der Waals surface area contributed by atoms with Gasteiger partial charge in [0.2, 0.25) is 0 Å². The zero-order valence-corrected chi connectivity index (χ0v) is 8.77. The Kier molecular flexibility index (Phi) is 2.84.